The van der Waals surface area contributed by atoms with Crippen LogP contribution in [-0.4, -0.2) is 35.3 Å². The molecule has 0 aliphatic heterocycles. The summed E-state index contributed by atoms with van der Waals surface area (Å²) in [5, 5.41) is 9.90. The van der Waals surface area contributed by atoms with Crippen LogP contribution in [0.1, 0.15) is 0 Å². The lowest BCUT2D eigenvalue weighted by Crippen LogP contribution is -2.23. The molecule has 0 unspecified atom stereocenters. The molecule has 0 radical (unpaired) electrons. The van der Waals surface area contributed by atoms with Crippen LogP contribution in [0.2, 0.25) is 0 Å². The van der Waals surface area contributed by atoms with Crippen molar-refractivity contribution in [2.24, 2.45) is 5.84 Å². The van der Waals surface area contributed by atoms with E-state index in [0.29, 0.717) is 12.5 Å². The van der Waals surface area contributed by atoms with Gasteiger partial charge >= 0.3 is 0 Å². The lowest BCUT2D eigenvalue weighted by atomic mass is 10.2. The molecular weight excluding hydrogens is 218 g/mol. The molecule has 0 atom stereocenters. The highest BCUT2D eigenvalue weighted by molar-refractivity contribution is 5.90. The van der Waals surface area contributed by atoms with Gasteiger partial charge in [0, 0.05) is 19.0 Å². The van der Waals surface area contributed by atoms with Gasteiger partial charge in [0.05, 0.1) is 12.1 Å². The van der Waals surface area contributed by atoms with E-state index in [1.807, 2.05) is 36.2 Å². The van der Waals surface area contributed by atoms with Crippen LogP contribution in [0, 0.1) is 0 Å². The Kier molecular flexibility index (Phi) is 3.36. The van der Waals surface area contributed by atoms with Gasteiger partial charge in [0.2, 0.25) is 5.95 Å². The summed E-state index contributed by atoms with van der Waals surface area (Å²) in [4.78, 5) is 10.4. The van der Waals surface area contributed by atoms with Gasteiger partial charge < -0.3 is 10.0 Å². The minimum absolute atomic E-state index is 0.0697. The highest BCUT2D eigenvalue weighted by Gasteiger charge is 2.10. The van der Waals surface area contributed by atoms with Crippen LogP contribution in [-0.2, 0) is 0 Å². The average molecular weight is 233 g/mol. The van der Waals surface area contributed by atoms with Crippen LogP contribution >= 0.6 is 0 Å². The second-order valence-corrected chi connectivity index (χ2v) is 3.68. The Morgan fingerprint density at radius 1 is 1.35 bits per heavy atom. The first-order valence-corrected chi connectivity index (χ1v) is 5.31. The molecule has 0 saturated heterocycles. The number of aliphatic hydroxyl groups is 1. The van der Waals surface area contributed by atoms with E-state index in [2.05, 4.69) is 15.4 Å². The van der Waals surface area contributed by atoms with Crippen LogP contribution in [0.15, 0.2) is 24.3 Å². The summed E-state index contributed by atoms with van der Waals surface area (Å²) in [6.45, 7) is 0.575. The van der Waals surface area contributed by atoms with Gasteiger partial charge in [-0.1, -0.05) is 12.1 Å². The molecule has 0 bridgehead atoms. The third-order valence-electron chi connectivity index (χ3n) is 2.51. The minimum atomic E-state index is 0.0697. The zero-order valence-electron chi connectivity index (χ0n) is 9.59. The number of likely N-dealkylation sites (N-methyl/N-ethyl adjacent to an activating group) is 1. The number of aliphatic hydroxyl groups excluding tert-OH is 1. The molecule has 1 aromatic heterocycles. The number of hydrogen-bond acceptors (Lipinski definition) is 6. The zero-order valence-corrected chi connectivity index (χ0v) is 9.59. The first kappa shape index (κ1) is 11.6. The van der Waals surface area contributed by atoms with E-state index in [1.165, 1.54) is 0 Å². The van der Waals surface area contributed by atoms with E-state index in [9.17, 15) is 0 Å². The number of rotatable bonds is 4. The van der Waals surface area contributed by atoms with Gasteiger partial charge in [0.1, 0.15) is 5.82 Å². The van der Waals surface area contributed by atoms with Gasteiger partial charge in [-0.2, -0.15) is 4.98 Å². The number of anilines is 2. The standard InChI is InChI=1S/C11H15N5O/c1-16(6-7-17)10-8-4-2-3-5-9(8)13-11(14-10)15-12/h2-5,17H,6-7,12H2,1H3,(H,13,14,15). The fourth-order valence-electron chi connectivity index (χ4n) is 1.67. The van der Waals surface area contributed by atoms with Crippen molar-refractivity contribution in [3.05, 3.63) is 24.3 Å². The maximum atomic E-state index is 8.97. The number of hydrazine groups is 1. The van der Waals surface area contributed by atoms with E-state index >= 15 is 0 Å². The van der Waals surface area contributed by atoms with Gasteiger partial charge in [-0.05, 0) is 12.1 Å². The largest absolute Gasteiger partial charge is 0.395 e. The summed E-state index contributed by atoms with van der Waals surface area (Å²) in [6, 6.07) is 7.68. The second kappa shape index (κ2) is 4.94. The highest BCUT2D eigenvalue weighted by Crippen LogP contribution is 2.23. The maximum Gasteiger partial charge on any atom is 0.239 e. The van der Waals surface area contributed by atoms with Crippen molar-refractivity contribution in [3.8, 4) is 0 Å². The van der Waals surface area contributed by atoms with Crippen molar-refractivity contribution < 1.29 is 5.11 Å². The normalized spacial score (nSPS) is 10.5. The van der Waals surface area contributed by atoms with Gasteiger partial charge in [-0.3, -0.25) is 5.43 Å². The SMILES string of the molecule is CN(CCO)c1nc(NN)nc2ccccc12. The summed E-state index contributed by atoms with van der Waals surface area (Å²) >= 11 is 0. The number of nitrogens with zero attached hydrogens (tertiary/aromatic N) is 3. The summed E-state index contributed by atoms with van der Waals surface area (Å²) in [5.74, 6) is 6.45. The number of nitrogens with one attached hydrogen (secondary N) is 1. The molecule has 0 saturated carbocycles. The van der Waals surface area contributed by atoms with E-state index in [1.54, 1.807) is 0 Å². The molecule has 0 aliphatic rings. The third kappa shape index (κ3) is 2.27. The second-order valence-electron chi connectivity index (χ2n) is 3.68. The number of nitrogens with two attached hydrogens (primary N) is 1. The Morgan fingerprint density at radius 3 is 2.82 bits per heavy atom. The lowest BCUT2D eigenvalue weighted by Gasteiger charge is -2.19. The highest BCUT2D eigenvalue weighted by atomic mass is 16.3. The van der Waals surface area contributed by atoms with E-state index < -0.39 is 0 Å². The molecule has 4 N–H and O–H groups in total. The Hall–Kier alpha value is -1.92. The van der Waals surface area contributed by atoms with Crippen molar-refractivity contribution >= 4 is 22.7 Å². The smallest absolute Gasteiger partial charge is 0.239 e. The van der Waals surface area contributed by atoms with Crippen LogP contribution < -0.4 is 16.2 Å². The topological polar surface area (TPSA) is 87.3 Å². The zero-order chi connectivity index (χ0) is 12.3. The predicted molar refractivity (Wildman–Crippen MR) is 67.7 cm³/mol. The number of nitrogen functional groups attached to an aromatic ring is 1. The van der Waals surface area contributed by atoms with E-state index in [0.717, 1.165) is 16.7 Å². The molecule has 1 heterocycles. The van der Waals surface area contributed by atoms with Crippen LogP contribution in [0.5, 0.6) is 0 Å². The molecule has 6 nitrogen and oxygen atoms in total. The van der Waals surface area contributed by atoms with Crippen molar-refractivity contribution in [2.45, 2.75) is 0 Å². The van der Waals surface area contributed by atoms with Gasteiger partial charge in [0.25, 0.3) is 0 Å². The molecule has 1 aromatic carbocycles. The third-order valence-corrected chi connectivity index (χ3v) is 2.51. The lowest BCUT2D eigenvalue weighted by molar-refractivity contribution is 0.304. The number of benzene rings is 1. The first-order chi connectivity index (χ1) is 8.26. The van der Waals surface area contributed by atoms with E-state index in [4.69, 9.17) is 10.9 Å². The fourth-order valence-corrected chi connectivity index (χ4v) is 1.67. The molecule has 90 valence electrons. The minimum Gasteiger partial charge on any atom is -0.395 e. The molecule has 2 aromatic rings. The monoisotopic (exact) mass is 233 g/mol. The van der Waals surface area contributed by atoms with Gasteiger partial charge in [-0.25, -0.2) is 10.8 Å². The summed E-state index contributed by atoms with van der Waals surface area (Å²) < 4.78 is 0. The number of aromatic nitrogens is 2. The molecule has 0 aliphatic carbocycles. The number of fused-ring (bicyclic) bond motifs is 1. The van der Waals surface area contributed by atoms with Crippen molar-refractivity contribution in [2.75, 3.05) is 30.5 Å². The van der Waals surface area contributed by atoms with Crippen LogP contribution in [0.3, 0.4) is 0 Å². The summed E-state index contributed by atoms with van der Waals surface area (Å²) in [6.07, 6.45) is 0. The molecule has 0 amide bonds. The van der Waals surface area contributed by atoms with Crippen molar-refractivity contribution in [3.63, 3.8) is 0 Å². The molecule has 2 rings (SSSR count). The molecular formula is C11H15N5O. The fraction of sp³-hybridized carbons (Fsp3) is 0.273. The summed E-state index contributed by atoms with van der Waals surface area (Å²) in [7, 11) is 1.87. The average Bonchev–Trinajstić information content (AvgIpc) is 2.37. The van der Waals surface area contributed by atoms with E-state index in [-0.39, 0.29) is 6.61 Å². The van der Waals surface area contributed by atoms with Gasteiger partial charge in [-0.15, -0.1) is 0 Å². The van der Waals surface area contributed by atoms with Crippen LogP contribution in [0.25, 0.3) is 10.9 Å². The Labute approximate surface area is 99.1 Å². The van der Waals surface area contributed by atoms with Crippen LogP contribution in [0.4, 0.5) is 11.8 Å². The number of hydrogen-bond donors (Lipinski definition) is 3. The molecule has 0 spiro atoms. The molecule has 0 fully saturated rings. The summed E-state index contributed by atoms with van der Waals surface area (Å²) in [5.41, 5.74) is 3.26. The molecule has 17 heavy (non-hydrogen) atoms. The van der Waals surface area contributed by atoms with Crippen molar-refractivity contribution in [1.29, 1.82) is 0 Å². The molecule has 6 heteroatoms. The Bertz CT molecular complexity index is 516. The number of para-hydroxylation sites is 1. The Morgan fingerprint density at radius 2 is 2.12 bits per heavy atom. The van der Waals surface area contributed by atoms with Crippen molar-refractivity contribution in [1.82, 2.24) is 9.97 Å². The Balaban J connectivity index is 2.58. The predicted octanol–water partition coefficient (Wildman–Crippen LogP) is 0.344. The first-order valence-electron chi connectivity index (χ1n) is 5.31. The quantitative estimate of drug-likeness (QED) is 0.521. The maximum absolute atomic E-state index is 8.97. The van der Waals surface area contributed by atoms with Gasteiger partial charge in [0.15, 0.2) is 0 Å².